The molecule has 4 heteroatoms. The summed E-state index contributed by atoms with van der Waals surface area (Å²) in [6.07, 6.45) is 11.4. The van der Waals surface area contributed by atoms with Crippen LogP contribution >= 0.6 is 0 Å². The standard InChI is InChI=1S/C25H35FO3/c1-4-5-6-15-13-16-14-17(27)9-11-24(16,2)19-10-12-25(3)18(21(15)19)7-8-20(25)22(26)23(28)29/h14-15,18-19,21H,4-13H2,1-3H3,(H,28,29)/t15-,18-,19-,21-,24-,25-/m0/s1. The normalized spacial score (nSPS) is 43.2. The molecular weight excluding hydrogens is 367 g/mol. The Bertz CT molecular complexity index is 781. The van der Waals surface area contributed by atoms with Gasteiger partial charge in [0.05, 0.1) is 0 Å². The Hall–Kier alpha value is -1.45. The van der Waals surface area contributed by atoms with Crippen LogP contribution in [0.4, 0.5) is 4.39 Å². The van der Waals surface area contributed by atoms with Gasteiger partial charge in [-0.2, -0.15) is 4.39 Å². The second-order valence-electron chi connectivity index (χ2n) is 10.5. The van der Waals surface area contributed by atoms with Gasteiger partial charge in [-0.05, 0) is 91.1 Å². The molecule has 29 heavy (non-hydrogen) atoms. The molecule has 0 aromatic carbocycles. The molecule has 0 unspecified atom stereocenters. The molecule has 6 atom stereocenters. The van der Waals surface area contributed by atoms with Gasteiger partial charge in [0.25, 0.3) is 0 Å². The quantitative estimate of drug-likeness (QED) is 0.566. The van der Waals surface area contributed by atoms with Crippen LogP contribution in [0.5, 0.6) is 0 Å². The maximum atomic E-state index is 14.6. The van der Waals surface area contributed by atoms with Crippen LogP contribution in [0.2, 0.25) is 0 Å². The Morgan fingerprint density at radius 1 is 1.17 bits per heavy atom. The van der Waals surface area contributed by atoms with Gasteiger partial charge in [-0.15, -0.1) is 0 Å². The highest BCUT2D eigenvalue weighted by atomic mass is 19.1. The van der Waals surface area contributed by atoms with Gasteiger partial charge >= 0.3 is 5.97 Å². The van der Waals surface area contributed by atoms with E-state index in [4.69, 9.17) is 0 Å². The molecule has 3 fully saturated rings. The molecule has 4 rings (SSSR count). The Labute approximate surface area is 173 Å². The molecule has 0 spiro atoms. The van der Waals surface area contributed by atoms with Crippen molar-refractivity contribution in [1.29, 1.82) is 0 Å². The maximum absolute atomic E-state index is 14.6. The van der Waals surface area contributed by atoms with E-state index >= 15 is 0 Å². The zero-order chi connectivity index (χ0) is 21.0. The monoisotopic (exact) mass is 402 g/mol. The van der Waals surface area contributed by atoms with Crippen LogP contribution in [0.1, 0.15) is 85.0 Å². The Morgan fingerprint density at radius 2 is 1.90 bits per heavy atom. The summed E-state index contributed by atoms with van der Waals surface area (Å²) in [5, 5.41) is 9.30. The SMILES string of the molecule is CCCC[C@H]1CC2=CC(=O)CC[C@]2(C)[C@H]2CC[C@]3(C)C(=C(F)C(=O)O)CC[C@H]3[C@H]12. The third-order valence-corrected chi connectivity index (χ3v) is 9.30. The van der Waals surface area contributed by atoms with Crippen LogP contribution in [-0.2, 0) is 9.59 Å². The van der Waals surface area contributed by atoms with Crippen molar-refractivity contribution in [2.24, 2.45) is 34.5 Å². The van der Waals surface area contributed by atoms with E-state index < -0.39 is 11.8 Å². The Morgan fingerprint density at radius 3 is 2.59 bits per heavy atom. The lowest BCUT2D eigenvalue weighted by Gasteiger charge is -2.60. The first-order valence-electron chi connectivity index (χ1n) is 11.6. The van der Waals surface area contributed by atoms with Crippen molar-refractivity contribution in [3.63, 3.8) is 0 Å². The first kappa shape index (κ1) is 20.8. The molecule has 1 N–H and O–H groups in total. The van der Waals surface area contributed by atoms with Gasteiger partial charge in [-0.3, -0.25) is 4.79 Å². The summed E-state index contributed by atoms with van der Waals surface area (Å²) in [6.45, 7) is 6.72. The van der Waals surface area contributed by atoms with Crippen LogP contribution in [0.15, 0.2) is 23.0 Å². The van der Waals surface area contributed by atoms with Gasteiger partial charge in [-0.1, -0.05) is 39.2 Å². The predicted octanol–water partition coefficient (Wildman–Crippen LogP) is 6.24. The molecule has 160 valence electrons. The number of carboxylic acids is 1. The molecule has 3 nitrogen and oxygen atoms in total. The van der Waals surface area contributed by atoms with Gasteiger partial charge < -0.3 is 5.11 Å². The minimum Gasteiger partial charge on any atom is -0.476 e. The molecular formula is C25H35FO3. The number of fused-ring (bicyclic) bond motifs is 5. The molecule has 0 aliphatic heterocycles. The minimum absolute atomic E-state index is 0.0838. The second kappa shape index (κ2) is 7.35. The van der Waals surface area contributed by atoms with Crippen LogP contribution in [-0.4, -0.2) is 16.9 Å². The number of ketones is 1. The van der Waals surface area contributed by atoms with Gasteiger partial charge in [0.15, 0.2) is 5.78 Å². The fraction of sp³-hybridized carbons (Fsp3) is 0.760. The lowest BCUT2D eigenvalue weighted by molar-refractivity contribution is -0.134. The van der Waals surface area contributed by atoms with Crippen molar-refractivity contribution < 1.29 is 19.1 Å². The number of unbranched alkanes of at least 4 members (excludes halogenated alkanes) is 1. The smallest absolute Gasteiger partial charge is 0.364 e. The van der Waals surface area contributed by atoms with Gasteiger partial charge in [0.1, 0.15) is 0 Å². The van der Waals surface area contributed by atoms with Crippen molar-refractivity contribution in [2.75, 3.05) is 0 Å². The molecule has 0 radical (unpaired) electrons. The predicted molar refractivity (Wildman–Crippen MR) is 111 cm³/mol. The average molecular weight is 403 g/mol. The summed E-state index contributed by atoms with van der Waals surface area (Å²) in [7, 11) is 0. The van der Waals surface area contributed by atoms with Gasteiger partial charge in [-0.25, -0.2) is 4.79 Å². The Kier molecular flexibility index (Phi) is 5.28. The van der Waals surface area contributed by atoms with Crippen molar-refractivity contribution in [1.82, 2.24) is 0 Å². The first-order valence-corrected chi connectivity index (χ1v) is 11.6. The number of aliphatic carboxylic acids is 1. The molecule has 0 aromatic heterocycles. The number of rotatable bonds is 4. The number of halogens is 1. The van der Waals surface area contributed by atoms with Crippen molar-refractivity contribution in [3.8, 4) is 0 Å². The van der Waals surface area contributed by atoms with E-state index in [2.05, 4.69) is 20.8 Å². The molecule has 0 amide bonds. The lowest BCUT2D eigenvalue weighted by atomic mass is 9.44. The van der Waals surface area contributed by atoms with Crippen LogP contribution < -0.4 is 0 Å². The number of hydrogen-bond donors (Lipinski definition) is 1. The summed E-state index contributed by atoms with van der Waals surface area (Å²) in [5.41, 5.74) is 1.69. The largest absolute Gasteiger partial charge is 0.476 e. The fourth-order valence-corrected chi connectivity index (χ4v) is 7.77. The highest BCUT2D eigenvalue weighted by Crippen LogP contribution is 2.68. The minimum atomic E-state index is -1.40. The van der Waals surface area contributed by atoms with Crippen LogP contribution in [0.25, 0.3) is 0 Å². The van der Waals surface area contributed by atoms with E-state index in [1.807, 2.05) is 6.08 Å². The highest BCUT2D eigenvalue weighted by molar-refractivity contribution is 5.91. The fourth-order valence-electron chi connectivity index (χ4n) is 7.77. The van der Waals surface area contributed by atoms with Crippen molar-refractivity contribution in [2.45, 2.75) is 85.0 Å². The number of allylic oxidation sites excluding steroid dienone is 2. The van der Waals surface area contributed by atoms with Gasteiger partial charge in [0, 0.05) is 6.42 Å². The second-order valence-corrected chi connectivity index (χ2v) is 10.5. The van der Waals surface area contributed by atoms with E-state index in [9.17, 15) is 19.1 Å². The number of hydrogen-bond acceptors (Lipinski definition) is 2. The molecule has 4 aliphatic rings. The topological polar surface area (TPSA) is 54.4 Å². The lowest BCUT2D eigenvalue weighted by Crippen LogP contribution is -2.53. The summed E-state index contributed by atoms with van der Waals surface area (Å²) in [5.74, 6) is -0.0956. The zero-order valence-corrected chi connectivity index (χ0v) is 18.1. The van der Waals surface area contributed by atoms with E-state index in [0.717, 1.165) is 44.9 Å². The number of carbonyl (C=O) groups is 2. The molecule has 0 heterocycles. The maximum Gasteiger partial charge on any atom is 0.364 e. The molecule has 4 aliphatic carbocycles. The zero-order valence-electron chi connectivity index (χ0n) is 18.1. The van der Waals surface area contributed by atoms with Crippen molar-refractivity contribution in [3.05, 3.63) is 23.0 Å². The van der Waals surface area contributed by atoms with E-state index in [0.29, 0.717) is 42.1 Å². The number of carboxylic acid groups (broad SMARTS) is 1. The Balaban J connectivity index is 1.75. The summed E-state index contributed by atoms with van der Waals surface area (Å²) >= 11 is 0. The molecule has 0 aromatic rings. The van der Waals surface area contributed by atoms with E-state index in [1.54, 1.807) is 0 Å². The number of carbonyl (C=O) groups excluding carboxylic acids is 1. The van der Waals surface area contributed by atoms with Gasteiger partial charge in [0.2, 0.25) is 5.83 Å². The van der Waals surface area contributed by atoms with Crippen LogP contribution in [0.3, 0.4) is 0 Å². The summed E-state index contributed by atoms with van der Waals surface area (Å²) in [4.78, 5) is 23.6. The average Bonchev–Trinajstić information content (AvgIpc) is 3.03. The highest BCUT2D eigenvalue weighted by Gasteiger charge is 2.60. The molecule has 0 saturated heterocycles. The van der Waals surface area contributed by atoms with E-state index in [-0.39, 0.29) is 16.6 Å². The van der Waals surface area contributed by atoms with Crippen molar-refractivity contribution >= 4 is 11.8 Å². The summed E-state index contributed by atoms with van der Waals surface area (Å²) in [6, 6.07) is 0. The summed E-state index contributed by atoms with van der Waals surface area (Å²) < 4.78 is 14.6. The molecule has 3 saturated carbocycles. The molecule has 0 bridgehead atoms. The van der Waals surface area contributed by atoms with E-state index in [1.165, 1.54) is 12.0 Å². The van der Waals surface area contributed by atoms with Crippen LogP contribution in [0, 0.1) is 34.5 Å². The third kappa shape index (κ3) is 3.13. The first-order chi connectivity index (χ1) is 13.7. The third-order valence-electron chi connectivity index (χ3n) is 9.30.